The number of rotatable bonds is 3. The Bertz CT molecular complexity index is 372. The average molecular weight is 218 g/mol. The molecule has 1 aromatic rings. The lowest BCUT2D eigenvalue weighted by Gasteiger charge is -1.98. The Morgan fingerprint density at radius 2 is 1.62 bits per heavy atom. The van der Waals surface area contributed by atoms with E-state index in [0.717, 1.165) is 11.8 Å². The predicted molar refractivity (Wildman–Crippen MR) is 64.7 cm³/mol. The van der Waals surface area contributed by atoms with Crippen LogP contribution in [0, 0.1) is 0 Å². The van der Waals surface area contributed by atoms with Crippen molar-refractivity contribution in [3.63, 3.8) is 0 Å². The number of benzene rings is 1. The maximum absolute atomic E-state index is 10.8. The summed E-state index contributed by atoms with van der Waals surface area (Å²) in [6.45, 7) is 6.43. The van der Waals surface area contributed by atoms with Gasteiger partial charge in [0, 0.05) is 5.69 Å². The number of hydrogen-bond acceptors (Lipinski definition) is 2. The monoisotopic (exact) mass is 218 g/mol. The second-order valence-corrected chi connectivity index (χ2v) is 2.67. The third kappa shape index (κ3) is 7.08. The fourth-order valence-electron chi connectivity index (χ4n) is 0.715. The molecule has 0 aliphatic heterocycles. The zero-order chi connectivity index (χ0) is 12.4. The normalized spacial score (nSPS) is 8.00. The molecule has 0 saturated heterocycles. The SMILES string of the molecule is C=CC(=O)Nc1ccccc1.C=CC(N)=O. The van der Waals surface area contributed by atoms with E-state index in [1.165, 1.54) is 6.08 Å². The van der Waals surface area contributed by atoms with Crippen molar-refractivity contribution in [2.24, 2.45) is 5.73 Å². The molecule has 4 nitrogen and oxygen atoms in total. The molecule has 4 heteroatoms. The van der Waals surface area contributed by atoms with Crippen molar-refractivity contribution in [2.75, 3.05) is 5.32 Å². The molecule has 16 heavy (non-hydrogen) atoms. The quantitative estimate of drug-likeness (QED) is 0.754. The van der Waals surface area contributed by atoms with E-state index >= 15 is 0 Å². The molecule has 0 fully saturated rings. The molecule has 84 valence electrons. The zero-order valence-electron chi connectivity index (χ0n) is 8.85. The largest absolute Gasteiger partial charge is 0.366 e. The van der Waals surface area contributed by atoms with Crippen molar-refractivity contribution < 1.29 is 9.59 Å². The highest BCUT2D eigenvalue weighted by molar-refractivity contribution is 5.98. The minimum absolute atomic E-state index is 0.184. The molecular formula is C12H14N2O2. The minimum Gasteiger partial charge on any atom is -0.366 e. The summed E-state index contributed by atoms with van der Waals surface area (Å²) in [6, 6.07) is 9.25. The smallest absolute Gasteiger partial charge is 0.247 e. The zero-order valence-corrected chi connectivity index (χ0v) is 8.85. The van der Waals surface area contributed by atoms with Crippen molar-refractivity contribution in [3.8, 4) is 0 Å². The number of carbonyl (C=O) groups is 2. The number of primary amides is 1. The number of amides is 2. The summed E-state index contributed by atoms with van der Waals surface area (Å²) in [7, 11) is 0. The first-order chi connectivity index (χ1) is 7.60. The van der Waals surface area contributed by atoms with Gasteiger partial charge in [-0.3, -0.25) is 9.59 Å². The van der Waals surface area contributed by atoms with E-state index in [0.29, 0.717) is 0 Å². The lowest BCUT2D eigenvalue weighted by molar-refractivity contribution is -0.113. The van der Waals surface area contributed by atoms with Gasteiger partial charge >= 0.3 is 0 Å². The molecule has 0 atom stereocenters. The Morgan fingerprint density at radius 3 is 2.00 bits per heavy atom. The van der Waals surface area contributed by atoms with E-state index in [9.17, 15) is 9.59 Å². The molecule has 0 saturated carbocycles. The van der Waals surface area contributed by atoms with Gasteiger partial charge in [-0.2, -0.15) is 0 Å². The van der Waals surface area contributed by atoms with Crippen LogP contribution < -0.4 is 11.1 Å². The van der Waals surface area contributed by atoms with Crippen molar-refractivity contribution in [2.45, 2.75) is 0 Å². The topological polar surface area (TPSA) is 72.2 Å². The summed E-state index contributed by atoms with van der Waals surface area (Å²) in [5, 5.41) is 2.63. The van der Waals surface area contributed by atoms with Crippen LogP contribution in [0.25, 0.3) is 0 Å². The molecule has 0 radical (unpaired) electrons. The predicted octanol–water partition coefficient (Wildman–Crippen LogP) is 1.47. The molecule has 0 unspecified atom stereocenters. The summed E-state index contributed by atoms with van der Waals surface area (Å²) < 4.78 is 0. The molecule has 3 N–H and O–H groups in total. The van der Waals surface area contributed by atoms with Crippen molar-refractivity contribution in [1.82, 2.24) is 0 Å². The lowest BCUT2D eigenvalue weighted by atomic mass is 10.3. The second-order valence-electron chi connectivity index (χ2n) is 2.67. The Balaban J connectivity index is 0.000000385. The van der Waals surface area contributed by atoms with Crippen LogP contribution in [0.3, 0.4) is 0 Å². The highest BCUT2D eigenvalue weighted by atomic mass is 16.1. The molecule has 1 aromatic carbocycles. The Labute approximate surface area is 94.5 Å². The van der Waals surface area contributed by atoms with Crippen LogP contribution in [0.1, 0.15) is 0 Å². The van der Waals surface area contributed by atoms with Gasteiger partial charge in [-0.15, -0.1) is 0 Å². The third-order valence-electron chi connectivity index (χ3n) is 1.43. The van der Waals surface area contributed by atoms with E-state index in [1.54, 1.807) is 0 Å². The first-order valence-corrected chi connectivity index (χ1v) is 4.50. The molecule has 0 aromatic heterocycles. The van der Waals surface area contributed by atoms with E-state index in [-0.39, 0.29) is 5.91 Å². The highest BCUT2D eigenvalue weighted by Crippen LogP contribution is 2.03. The van der Waals surface area contributed by atoms with Crippen molar-refractivity contribution >= 4 is 17.5 Å². The maximum Gasteiger partial charge on any atom is 0.247 e. The van der Waals surface area contributed by atoms with E-state index in [4.69, 9.17) is 0 Å². The van der Waals surface area contributed by atoms with Crippen LogP contribution in [0.15, 0.2) is 55.6 Å². The van der Waals surface area contributed by atoms with Gasteiger partial charge in [0.2, 0.25) is 11.8 Å². The minimum atomic E-state index is -0.481. The van der Waals surface area contributed by atoms with Crippen LogP contribution in [-0.4, -0.2) is 11.8 Å². The summed E-state index contributed by atoms with van der Waals surface area (Å²) in [6.07, 6.45) is 2.30. The molecule has 1 rings (SSSR count). The van der Waals surface area contributed by atoms with Crippen LogP contribution in [0.2, 0.25) is 0 Å². The molecule has 0 bridgehead atoms. The van der Waals surface area contributed by atoms with Crippen molar-refractivity contribution in [3.05, 3.63) is 55.6 Å². The number of carbonyl (C=O) groups excluding carboxylic acids is 2. The lowest BCUT2D eigenvalue weighted by Crippen LogP contribution is -2.06. The van der Waals surface area contributed by atoms with Crippen LogP contribution in [0.5, 0.6) is 0 Å². The molecule has 0 aliphatic rings. The molecule has 0 aliphatic carbocycles. The van der Waals surface area contributed by atoms with Gasteiger partial charge in [-0.25, -0.2) is 0 Å². The highest BCUT2D eigenvalue weighted by Gasteiger charge is 1.92. The van der Waals surface area contributed by atoms with E-state index in [1.807, 2.05) is 30.3 Å². The van der Waals surface area contributed by atoms with Crippen molar-refractivity contribution in [1.29, 1.82) is 0 Å². The first kappa shape index (κ1) is 13.6. The van der Waals surface area contributed by atoms with E-state index in [2.05, 4.69) is 24.2 Å². The Hall–Kier alpha value is -2.36. The summed E-state index contributed by atoms with van der Waals surface area (Å²) in [5.74, 6) is -0.666. The summed E-state index contributed by atoms with van der Waals surface area (Å²) in [4.78, 5) is 20.2. The fourth-order valence-corrected chi connectivity index (χ4v) is 0.715. The van der Waals surface area contributed by atoms with Gasteiger partial charge in [0.1, 0.15) is 0 Å². The van der Waals surface area contributed by atoms with Crippen LogP contribution >= 0.6 is 0 Å². The fraction of sp³-hybridized carbons (Fsp3) is 0. The number of nitrogens with one attached hydrogen (secondary N) is 1. The molecular weight excluding hydrogens is 204 g/mol. The summed E-state index contributed by atoms with van der Waals surface area (Å²) in [5.41, 5.74) is 5.32. The van der Waals surface area contributed by atoms with Gasteiger partial charge in [-0.1, -0.05) is 31.4 Å². The van der Waals surface area contributed by atoms with Crippen LogP contribution in [-0.2, 0) is 9.59 Å². The standard InChI is InChI=1S/C9H9NO.C3H5NO/c1-2-9(11)10-8-6-4-3-5-7-8;1-2-3(4)5/h2-7H,1H2,(H,10,11);2H,1H2,(H2,4,5). The molecule has 2 amide bonds. The van der Waals surface area contributed by atoms with Crippen LogP contribution in [0.4, 0.5) is 5.69 Å². The van der Waals surface area contributed by atoms with Gasteiger partial charge in [-0.05, 0) is 24.3 Å². The summed E-state index contributed by atoms with van der Waals surface area (Å²) >= 11 is 0. The number of anilines is 1. The third-order valence-corrected chi connectivity index (χ3v) is 1.43. The van der Waals surface area contributed by atoms with Gasteiger partial charge in [0.05, 0.1) is 0 Å². The number of para-hydroxylation sites is 1. The second kappa shape index (κ2) is 7.99. The molecule has 0 heterocycles. The first-order valence-electron chi connectivity index (χ1n) is 4.50. The van der Waals surface area contributed by atoms with Gasteiger partial charge in [0.25, 0.3) is 0 Å². The molecule has 0 spiro atoms. The van der Waals surface area contributed by atoms with E-state index < -0.39 is 5.91 Å². The number of nitrogens with two attached hydrogens (primary N) is 1. The number of hydrogen-bond donors (Lipinski definition) is 2. The van der Waals surface area contributed by atoms with Gasteiger partial charge < -0.3 is 11.1 Å². The Kier molecular flexibility index (Phi) is 6.81. The maximum atomic E-state index is 10.8. The Morgan fingerprint density at radius 1 is 1.12 bits per heavy atom. The average Bonchev–Trinajstić information content (AvgIpc) is 2.31. The van der Waals surface area contributed by atoms with Gasteiger partial charge in [0.15, 0.2) is 0 Å².